The summed E-state index contributed by atoms with van der Waals surface area (Å²) in [5, 5.41) is 10.6. The van der Waals surface area contributed by atoms with Crippen LogP contribution >= 0.6 is 23.2 Å². The number of benzene rings is 4. The highest BCUT2D eigenvalue weighted by Gasteiger charge is 2.77. The maximum atomic E-state index is 14.8. The molecule has 4 aromatic carbocycles. The van der Waals surface area contributed by atoms with Gasteiger partial charge in [-0.25, -0.2) is 9.29 Å². The van der Waals surface area contributed by atoms with Gasteiger partial charge in [-0.3, -0.25) is 24.1 Å². The molecule has 3 fully saturated rings. The first-order valence-electron chi connectivity index (χ1n) is 18.4. The number of imide groups is 2. The number of methoxy groups -OCH3 is 4. The van der Waals surface area contributed by atoms with Crippen LogP contribution in [0.15, 0.2) is 90.5 Å². The molecule has 0 bridgehead atoms. The van der Waals surface area contributed by atoms with E-state index in [2.05, 4.69) is 0 Å². The SMILES string of the molecule is COc1ccc(OC)c(C=Cc2ccc(N3C(=O)[C@H]4[C@H](CC=C5[C@H]4C[C@@]4(Cl)C(=O)N(c6ccc(F)cc6)C(=O)[C@@]4(Cl)[C@H]5c4c(OC)cc(O)cc4OC)C3=O)cc2)c1. The lowest BCUT2D eigenvalue weighted by molar-refractivity contribution is -0.125. The number of carbonyl (C=O) groups is 4. The molecule has 58 heavy (non-hydrogen) atoms. The lowest BCUT2D eigenvalue weighted by Gasteiger charge is -2.51. The Morgan fingerprint density at radius 1 is 0.724 bits per heavy atom. The number of phenolic OH excluding ortho intramolecular Hbond substituents is 1. The monoisotopic (exact) mass is 826 g/mol. The Bertz CT molecular complexity index is 2410. The van der Waals surface area contributed by atoms with Gasteiger partial charge in [0.05, 0.1) is 51.6 Å². The number of amides is 4. The molecule has 6 atom stereocenters. The van der Waals surface area contributed by atoms with Crippen LogP contribution in [-0.4, -0.2) is 66.9 Å². The number of phenols is 1. The minimum Gasteiger partial charge on any atom is -0.508 e. The largest absolute Gasteiger partial charge is 0.508 e. The first-order chi connectivity index (χ1) is 27.8. The van der Waals surface area contributed by atoms with Crippen molar-refractivity contribution in [1.29, 1.82) is 0 Å². The van der Waals surface area contributed by atoms with Crippen molar-refractivity contribution in [2.75, 3.05) is 38.2 Å². The summed E-state index contributed by atoms with van der Waals surface area (Å²) in [7, 11) is 5.88. The topological polar surface area (TPSA) is 132 Å². The average molecular weight is 828 g/mol. The minimum absolute atomic E-state index is 0.0447. The Hall–Kier alpha value is -5.85. The molecule has 0 spiro atoms. The van der Waals surface area contributed by atoms with Gasteiger partial charge in [0.1, 0.15) is 34.6 Å². The van der Waals surface area contributed by atoms with Crippen LogP contribution in [0.1, 0.15) is 35.4 Å². The number of halogens is 3. The highest BCUT2D eigenvalue weighted by Crippen LogP contribution is 2.67. The lowest BCUT2D eigenvalue weighted by atomic mass is 9.56. The van der Waals surface area contributed by atoms with E-state index >= 15 is 0 Å². The predicted octanol–water partition coefficient (Wildman–Crippen LogP) is 7.50. The molecule has 11 nitrogen and oxygen atoms in total. The van der Waals surface area contributed by atoms with Crippen molar-refractivity contribution in [2.24, 2.45) is 17.8 Å². The Kier molecular flexibility index (Phi) is 9.76. The Morgan fingerprint density at radius 3 is 1.97 bits per heavy atom. The number of anilines is 2. The third-order valence-corrected chi connectivity index (χ3v) is 13.2. The molecule has 4 amide bonds. The number of aromatic hydroxyl groups is 1. The van der Waals surface area contributed by atoms with E-state index in [1.807, 2.05) is 18.2 Å². The summed E-state index contributed by atoms with van der Waals surface area (Å²) < 4.78 is 36.3. The highest BCUT2D eigenvalue weighted by atomic mass is 35.5. The van der Waals surface area contributed by atoms with Gasteiger partial charge in [0.2, 0.25) is 11.8 Å². The summed E-state index contributed by atoms with van der Waals surface area (Å²) in [6.45, 7) is 0. The van der Waals surface area contributed by atoms with Crippen molar-refractivity contribution in [1.82, 2.24) is 0 Å². The van der Waals surface area contributed by atoms with Gasteiger partial charge < -0.3 is 24.1 Å². The molecular formula is C44H37Cl2FN2O9. The van der Waals surface area contributed by atoms with Gasteiger partial charge in [-0.1, -0.05) is 35.9 Å². The fourth-order valence-corrected chi connectivity index (χ4v) is 9.99. The van der Waals surface area contributed by atoms with E-state index < -0.39 is 62.9 Å². The Morgan fingerprint density at radius 2 is 1.34 bits per heavy atom. The van der Waals surface area contributed by atoms with Crippen molar-refractivity contribution in [3.8, 4) is 28.7 Å². The van der Waals surface area contributed by atoms with Crippen molar-refractivity contribution in [3.05, 3.63) is 113 Å². The molecule has 298 valence electrons. The minimum atomic E-state index is -2.24. The van der Waals surface area contributed by atoms with Crippen LogP contribution < -0.4 is 28.7 Å². The van der Waals surface area contributed by atoms with E-state index in [0.29, 0.717) is 22.8 Å². The summed E-state index contributed by atoms with van der Waals surface area (Å²) in [5.74, 6) is -5.88. The molecule has 1 saturated carbocycles. The van der Waals surface area contributed by atoms with E-state index in [4.69, 9.17) is 42.1 Å². The molecule has 4 aliphatic rings. The number of allylic oxidation sites excluding steroid dienone is 2. The van der Waals surface area contributed by atoms with Gasteiger partial charge in [0.25, 0.3) is 11.8 Å². The number of alkyl halides is 2. The maximum Gasteiger partial charge on any atom is 0.258 e. The number of nitrogens with zero attached hydrogens (tertiary/aromatic N) is 2. The summed E-state index contributed by atoms with van der Waals surface area (Å²) >= 11 is 15.1. The van der Waals surface area contributed by atoms with Gasteiger partial charge >= 0.3 is 0 Å². The zero-order chi connectivity index (χ0) is 41.3. The fraction of sp³-hybridized carbons (Fsp3) is 0.273. The Labute approximate surface area is 343 Å². The van der Waals surface area contributed by atoms with Crippen molar-refractivity contribution in [3.63, 3.8) is 0 Å². The van der Waals surface area contributed by atoms with E-state index in [0.717, 1.165) is 33.1 Å². The summed E-state index contributed by atoms with van der Waals surface area (Å²) in [6, 6.07) is 19.8. The summed E-state index contributed by atoms with van der Waals surface area (Å²) in [6.07, 6.45) is 5.36. The second kappa shape index (κ2) is 14.5. The van der Waals surface area contributed by atoms with Crippen LogP contribution in [0.2, 0.25) is 0 Å². The van der Waals surface area contributed by atoms with E-state index in [-0.39, 0.29) is 41.3 Å². The molecule has 0 radical (unpaired) electrons. The zero-order valence-corrected chi connectivity index (χ0v) is 33.2. The number of rotatable bonds is 9. The zero-order valence-electron chi connectivity index (χ0n) is 31.7. The van der Waals surface area contributed by atoms with Gasteiger partial charge in [0.15, 0.2) is 9.75 Å². The molecule has 0 unspecified atom stereocenters. The molecule has 2 saturated heterocycles. The number of fused-ring (bicyclic) bond motifs is 4. The van der Waals surface area contributed by atoms with Crippen LogP contribution in [0.25, 0.3) is 12.2 Å². The van der Waals surface area contributed by atoms with Crippen LogP contribution in [0, 0.1) is 23.6 Å². The predicted molar refractivity (Wildman–Crippen MR) is 215 cm³/mol. The Balaban J connectivity index is 1.19. The fourth-order valence-electron chi connectivity index (χ4n) is 9.07. The standard InChI is InChI=1S/C44H37Cl2FN2O9/c1-55-29-15-18-33(56-2)24(19-29)8-5-23-6-11-26(12-7-23)48-39(51)31-17-16-30-32(36(31)40(48)52)22-43(45)41(53)49(27-13-9-25(47)10-14-27)42(54)44(43,46)38(30)37-34(57-3)20-28(50)21-35(37)58-4/h5-16,18-21,31-32,36,38,50H,17,22H2,1-4H3/t31-,32+,36-,38+,43+,44-/m0/s1. The van der Waals surface area contributed by atoms with Gasteiger partial charge in [-0.2, -0.15) is 0 Å². The molecule has 4 aromatic rings. The normalized spacial score (nSPS) is 26.4. The second-order valence-electron chi connectivity index (χ2n) is 14.6. The number of ether oxygens (including phenoxy) is 4. The van der Waals surface area contributed by atoms with Gasteiger partial charge in [-0.05, 0) is 78.9 Å². The van der Waals surface area contributed by atoms with Crippen molar-refractivity contribution < 1.29 is 47.6 Å². The first-order valence-corrected chi connectivity index (χ1v) is 19.1. The first kappa shape index (κ1) is 39.0. The van der Waals surface area contributed by atoms with Crippen molar-refractivity contribution >= 4 is 70.4 Å². The molecule has 8 rings (SSSR count). The number of carbonyl (C=O) groups excluding carboxylic acids is 4. The number of hydrogen-bond donors (Lipinski definition) is 1. The third kappa shape index (κ3) is 5.75. The van der Waals surface area contributed by atoms with Crippen molar-refractivity contribution in [2.45, 2.75) is 28.5 Å². The molecule has 1 N–H and O–H groups in total. The molecule has 0 aromatic heterocycles. The lowest BCUT2D eigenvalue weighted by Crippen LogP contribution is -2.60. The molecule has 2 heterocycles. The average Bonchev–Trinajstić information content (AvgIpc) is 3.57. The second-order valence-corrected chi connectivity index (χ2v) is 15.8. The molecule has 2 aliphatic heterocycles. The molecule has 2 aliphatic carbocycles. The van der Waals surface area contributed by atoms with Gasteiger partial charge in [0, 0.05) is 29.2 Å². The number of hydrogen-bond acceptors (Lipinski definition) is 9. The third-order valence-electron chi connectivity index (χ3n) is 11.8. The van der Waals surface area contributed by atoms with Crippen LogP contribution in [0.3, 0.4) is 0 Å². The molecular weight excluding hydrogens is 790 g/mol. The molecule has 14 heteroatoms. The van der Waals surface area contributed by atoms with E-state index in [1.54, 1.807) is 56.7 Å². The van der Waals surface area contributed by atoms with Crippen LogP contribution in [-0.2, 0) is 19.2 Å². The maximum absolute atomic E-state index is 14.8. The highest BCUT2D eigenvalue weighted by molar-refractivity contribution is 6.58. The van der Waals surface area contributed by atoms with Gasteiger partial charge in [-0.15, -0.1) is 23.2 Å². The van der Waals surface area contributed by atoms with E-state index in [1.165, 1.54) is 38.5 Å². The quantitative estimate of drug-likeness (QED) is 0.0789. The summed E-state index contributed by atoms with van der Waals surface area (Å²) in [5.41, 5.74) is 2.69. The smallest absolute Gasteiger partial charge is 0.258 e. The summed E-state index contributed by atoms with van der Waals surface area (Å²) in [4.78, 5) is 55.9. The van der Waals surface area contributed by atoms with Crippen LogP contribution in [0.5, 0.6) is 28.7 Å². The van der Waals surface area contributed by atoms with E-state index in [9.17, 15) is 28.7 Å². The van der Waals surface area contributed by atoms with Crippen LogP contribution in [0.4, 0.5) is 15.8 Å².